The van der Waals surface area contributed by atoms with E-state index in [-0.39, 0.29) is 0 Å². The molecule has 0 aliphatic carbocycles. The van der Waals surface area contributed by atoms with E-state index in [1.807, 2.05) is 49.6 Å². The van der Waals surface area contributed by atoms with Crippen LogP contribution in [0.5, 0.6) is 0 Å². The summed E-state index contributed by atoms with van der Waals surface area (Å²) < 4.78 is 0. The topological polar surface area (TPSA) is 20.2 Å². The first kappa shape index (κ1) is 13.2. The molecule has 0 saturated carbocycles. The fraction of sp³-hybridized carbons (Fsp3) is 0.250. The van der Waals surface area contributed by atoms with E-state index >= 15 is 0 Å². The van der Waals surface area contributed by atoms with Crippen molar-refractivity contribution < 1.29 is 5.11 Å². The lowest BCUT2D eigenvalue weighted by Gasteiger charge is -2.17. The molecule has 2 rings (SSSR count). The molecule has 2 aromatic carbocycles. The molecule has 0 aliphatic rings. The minimum atomic E-state index is -0.547. The quantitative estimate of drug-likeness (QED) is 0.836. The third-order valence-corrected chi connectivity index (χ3v) is 3.97. The van der Waals surface area contributed by atoms with Gasteiger partial charge in [0.05, 0.1) is 0 Å². The summed E-state index contributed by atoms with van der Waals surface area (Å²) in [5.74, 6) is 0. The maximum absolute atomic E-state index is 10.6. The van der Waals surface area contributed by atoms with Gasteiger partial charge in [-0.2, -0.15) is 0 Å². The van der Waals surface area contributed by atoms with Crippen molar-refractivity contribution in [3.05, 3.63) is 64.7 Å². The summed E-state index contributed by atoms with van der Waals surface area (Å²) in [6.45, 7) is 4.12. The zero-order chi connectivity index (χ0) is 13.1. The van der Waals surface area contributed by atoms with Crippen molar-refractivity contribution in [1.29, 1.82) is 0 Å². The predicted octanol–water partition coefficient (Wildman–Crippen LogP) is 4.11. The van der Waals surface area contributed by atoms with Crippen LogP contribution in [0.3, 0.4) is 0 Å². The van der Waals surface area contributed by atoms with E-state index in [1.54, 1.807) is 11.8 Å². The maximum Gasteiger partial charge on any atom is 0.105 e. The van der Waals surface area contributed by atoms with Gasteiger partial charge in [0, 0.05) is 4.90 Å². The van der Waals surface area contributed by atoms with E-state index < -0.39 is 6.10 Å². The second-order valence-corrected chi connectivity index (χ2v) is 5.35. The number of hydrogen-bond acceptors (Lipinski definition) is 2. The normalized spacial score (nSPS) is 12.4. The lowest BCUT2D eigenvalue weighted by Crippen LogP contribution is -2.03. The minimum absolute atomic E-state index is 0.547. The first-order valence-corrected chi connectivity index (χ1v) is 7.24. The molecule has 1 N–H and O–H groups in total. The van der Waals surface area contributed by atoms with Crippen LogP contribution in [0.4, 0.5) is 0 Å². The van der Waals surface area contributed by atoms with Gasteiger partial charge in [-0.1, -0.05) is 42.0 Å². The van der Waals surface area contributed by atoms with Gasteiger partial charge in [0.15, 0.2) is 0 Å². The molecule has 0 radical (unpaired) electrons. The zero-order valence-corrected chi connectivity index (χ0v) is 11.8. The monoisotopic (exact) mass is 258 g/mol. The molecule has 1 atom stereocenters. The van der Waals surface area contributed by atoms with Crippen LogP contribution in [-0.2, 0) is 0 Å². The fourth-order valence-electron chi connectivity index (χ4n) is 2.19. The average Bonchev–Trinajstić information content (AvgIpc) is 2.38. The molecule has 18 heavy (non-hydrogen) atoms. The molecule has 0 aliphatic heterocycles. The molecule has 0 spiro atoms. The van der Waals surface area contributed by atoms with Crippen LogP contribution in [0.2, 0.25) is 0 Å². The van der Waals surface area contributed by atoms with Gasteiger partial charge in [-0.3, -0.25) is 0 Å². The van der Waals surface area contributed by atoms with Crippen molar-refractivity contribution in [3.8, 4) is 0 Å². The van der Waals surface area contributed by atoms with Gasteiger partial charge < -0.3 is 5.11 Å². The molecule has 1 nitrogen and oxygen atoms in total. The summed E-state index contributed by atoms with van der Waals surface area (Å²) in [5.41, 5.74) is 4.33. The number of aliphatic hydroxyl groups is 1. The van der Waals surface area contributed by atoms with E-state index in [1.165, 1.54) is 5.56 Å². The smallest absolute Gasteiger partial charge is 0.105 e. The number of benzene rings is 2. The molecule has 0 bridgehead atoms. The Kier molecular flexibility index (Phi) is 4.10. The van der Waals surface area contributed by atoms with Crippen LogP contribution in [-0.4, -0.2) is 11.4 Å². The third-order valence-electron chi connectivity index (χ3n) is 3.15. The number of aliphatic hydroxyl groups excluding tert-OH is 1. The van der Waals surface area contributed by atoms with E-state index in [0.29, 0.717) is 0 Å². The standard InChI is InChI=1S/C16H18OS/c1-11-8-9-13(12(2)10-11)16(17)14-6-4-5-7-15(14)18-3/h4-10,16-17H,1-3H3. The molecule has 0 saturated heterocycles. The Bertz CT molecular complexity index is 549. The highest BCUT2D eigenvalue weighted by molar-refractivity contribution is 7.98. The highest BCUT2D eigenvalue weighted by atomic mass is 32.2. The Morgan fingerprint density at radius 1 is 1.00 bits per heavy atom. The van der Waals surface area contributed by atoms with Crippen molar-refractivity contribution in [2.75, 3.05) is 6.26 Å². The summed E-state index contributed by atoms with van der Waals surface area (Å²) in [4.78, 5) is 1.13. The molecule has 0 heterocycles. The Morgan fingerprint density at radius 2 is 1.72 bits per heavy atom. The summed E-state index contributed by atoms with van der Waals surface area (Å²) in [5, 5.41) is 10.6. The van der Waals surface area contributed by atoms with Crippen LogP contribution in [0.15, 0.2) is 47.4 Å². The third kappa shape index (κ3) is 2.60. The first-order chi connectivity index (χ1) is 8.63. The number of rotatable bonds is 3. The first-order valence-electron chi connectivity index (χ1n) is 6.01. The highest BCUT2D eigenvalue weighted by Crippen LogP contribution is 2.31. The van der Waals surface area contributed by atoms with E-state index in [9.17, 15) is 5.11 Å². The van der Waals surface area contributed by atoms with Crippen LogP contribution in [0.25, 0.3) is 0 Å². The molecule has 2 aromatic rings. The highest BCUT2D eigenvalue weighted by Gasteiger charge is 2.15. The van der Waals surface area contributed by atoms with Crippen LogP contribution >= 0.6 is 11.8 Å². The molecule has 2 heteroatoms. The van der Waals surface area contributed by atoms with Crippen molar-refractivity contribution >= 4 is 11.8 Å². The second-order valence-electron chi connectivity index (χ2n) is 4.50. The molecule has 0 fully saturated rings. The van der Waals surface area contributed by atoms with Crippen molar-refractivity contribution in [2.24, 2.45) is 0 Å². The van der Waals surface area contributed by atoms with Gasteiger partial charge in [-0.25, -0.2) is 0 Å². The number of hydrogen-bond donors (Lipinski definition) is 1. The Hall–Kier alpha value is -1.25. The van der Waals surface area contributed by atoms with Gasteiger partial charge >= 0.3 is 0 Å². The predicted molar refractivity (Wildman–Crippen MR) is 78.2 cm³/mol. The second kappa shape index (κ2) is 5.59. The van der Waals surface area contributed by atoms with Gasteiger partial charge in [0.2, 0.25) is 0 Å². The van der Waals surface area contributed by atoms with Crippen molar-refractivity contribution in [3.63, 3.8) is 0 Å². The lowest BCUT2D eigenvalue weighted by molar-refractivity contribution is 0.216. The van der Waals surface area contributed by atoms with Gasteiger partial charge in [0.1, 0.15) is 6.10 Å². The van der Waals surface area contributed by atoms with Crippen LogP contribution < -0.4 is 0 Å². The Morgan fingerprint density at radius 3 is 2.39 bits per heavy atom. The lowest BCUT2D eigenvalue weighted by atomic mass is 9.96. The summed E-state index contributed by atoms with van der Waals surface area (Å²) in [6, 6.07) is 14.2. The molecule has 0 amide bonds. The summed E-state index contributed by atoms with van der Waals surface area (Å²) in [7, 11) is 0. The minimum Gasteiger partial charge on any atom is -0.384 e. The summed E-state index contributed by atoms with van der Waals surface area (Å²) in [6.07, 6.45) is 1.49. The van der Waals surface area contributed by atoms with E-state index in [4.69, 9.17) is 0 Å². The van der Waals surface area contributed by atoms with E-state index in [2.05, 4.69) is 13.0 Å². The van der Waals surface area contributed by atoms with Crippen LogP contribution in [0.1, 0.15) is 28.4 Å². The Balaban J connectivity index is 2.44. The molecular weight excluding hydrogens is 240 g/mol. The van der Waals surface area contributed by atoms with Gasteiger partial charge in [-0.05, 0) is 42.9 Å². The Labute approximate surface area is 113 Å². The van der Waals surface area contributed by atoms with Gasteiger partial charge in [0.25, 0.3) is 0 Å². The summed E-state index contributed by atoms with van der Waals surface area (Å²) >= 11 is 1.67. The number of thioether (sulfide) groups is 1. The maximum atomic E-state index is 10.6. The zero-order valence-electron chi connectivity index (χ0n) is 11.0. The average molecular weight is 258 g/mol. The SMILES string of the molecule is CSc1ccccc1C(O)c1ccc(C)cc1C. The fourth-order valence-corrected chi connectivity index (χ4v) is 2.82. The molecule has 1 unspecified atom stereocenters. The number of aryl methyl sites for hydroxylation is 2. The van der Waals surface area contributed by atoms with Crippen LogP contribution in [0, 0.1) is 13.8 Å². The van der Waals surface area contributed by atoms with Crippen molar-refractivity contribution in [1.82, 2.24) is 0 Å². The van der Waals surface area contributed by atoms with Gasteiger partial charge in [-0.15, -0.1) is 11.8 Å². The molecular formula is C16H18OS. The molecule has 0 aromatic heterocycles. The molecule has 94 valence electrons. The van der Waals surface area contributed by atoms with Crippen molar-refractivity contribution in [2.45, 2.75) is 24.8 Å². The largest absolute Gasteiger partial charge is 0.384 e. The van der Waals surface area contributed by atoms with E-state index in [0.717, 1.165) is 21.6 Å².